The minimum Gasteiger partial charge on any atom is -0.480 e. The molecule has 2 unspecified atom stereocenters. The Morgan fingerprint density at radius 3 is 1.76 bits per heavy atom. The van der Waals surface area contributed by atoms with Crippen LogP contribution in [0.15, 0.2) is 22.5 Å². The van der Waals surface area contributed by atoms with Gasteiger partial charge in [-0.25, -0.2) is 9.59 Å². The fraction of sp³-hybridized carbons (Fsp3) is 0.714. The topological polar surface area (TPSA) is 151 Å². The maximum Gasteiger partial charge on any atom is 0.329 e. The molecular formula is C28H46N2O8. The monoisotopic (exact) mass is 538 g/mol. The number of carbonyl (C=O) groups excluding carboxylic acids is 2. The zero-order valence-electron chi connectivity index (χ0n) is 23.4. The number of ether oxygens (including phenoxy) is 2. The van der Waals surface area contributed by atoms with E-state index in [2.05, 4.69) is 10.6 Å². The van der Waals surface area contributed by atoms with E-state index in [1.165, 1.54) is 0 Å². The van der Waals surface area contributed by atoms with Crippen molar-refractivity contribution in [2.24, 2.45) is 0 Å². The Hall–Kier alpha value is -2.72. The maximum absolute atomic E-state index is 12.5. The molecule has 10 heteroatoms. The van der Waals surface area contributed by atoms with E-state index < -0.39 is 30.8 Å². The molecule has 0 amide bonds. The molecule has 0 saturated heterocycles. The number of carbonyl (C=O) groups is 4. The summed E-state index contributed by atoms with van der Waals surface area (Å²) in [5.41, 5.74) is 3.23. The molecule has 0 bridgehead atoms. The largest absolute Gasteiger partial charge is 0.480 e. The van der Waals surface area contributed by atoms with Gasteiger partial charge in [-0.3, -0.25) is 9.59 Å². The van der Waals surface area contributed by atoms with E-state index >= 15 is 0 Å². The van der Waals surface area contributed by atoms with Crippen molar-refractivity contribution in [3.05, 3.63) is 22.5 Å². The first-order valence-corrected chi connectivity index (χ1v) is 13.7. The molecule has 0 aromatic rings. The summed E-state index contributed by atoms with van der Waals surface area (Å²) >= 11 is 0. The quantitative estimate of drug-likeness (QED) is 0.303. The summed E-state index contributed by atoms with van der Waals surface area (Å²) in [5.74, 6) is -2.01. The summed E-state index contributed by atoms with van der Waals surface area (Å²) in [5, 5.41) is 23.5. The average molecular weight is 539 g/mol. The molecule has 0 aliphatic heterocycles. The summed E-state index contributed by atoms with van der Waals surface area (Å²) in [6.45, 7) is 3.20. The Kier molecular flexibility index (Phi) is 16.2. The molecule has 0 heterocycles. The van der Waals surface area contributed by atoms with E-state index in [0.29, 0.717) is 31.3 Å². The number of hydrogen-bond acceptors (Lipinski definition) is 8. The van der Waals surface area contributed by atoms with Crippen molar-refractivity contribution in [2.45, 2.75) is 103 Å². The van der Waals surface area contributed by atoms with Crippen LogP contribution < -0.4 is 10.6 Å². The Morgan fingerprint density at radius 2 is 1.26 bits per heavy atom. The molecule has 0 aromatic carbocycles. The zero-order chi connectivity index (χ0) is 28.5. The number of Topliss-reactive ketones (excluding diaryl/α,β-unsaturated/α-hetero) is 2. The van der Waals surface area contributed by atoms with Crippen molar-refractivity contribution < 1.29 is 38.9 Å². The number of allylic oxidation sites excluding steroid dienone is 2. The smallest absolute Gasteiger partial charge is 0.329 e. The summed E-state index contributed by atoms with van der Waals surface area (Å²) < 4.78 is 10.7. The van der Waals surface area contributed by atoms with Crippen LogP contribution >= 0.6 is 0 Å². The Labute approximate surface area is 226 Å². The molecule has 2 fully saturated rings. The number of ketones is 2. The Bertz CT molecular complexity index is 853. The van der Waals surface area contributed by atoms with Crippen LogP contribution in [-0.2, 0) is 28.7 Å². The molecule has 0 radical (unpaired) electrons. The summed E-state index contributed by atoms with van der Waals surface area (Å²) in [7, 11) is 3.59. The van der Waals surface area contributed by atoms with Gasteiger partial charge in [-0.05, 0) is 44.9 Å². The lowest BCUT2D eigenvalue weighted by molar-refractivity contribution is -0.147. The van der Waals surface area contributed by atoms with Gasteiger partial charge >= 0.3 is 11.9 Å². The predicted molar refractivity (Wildman–Crippen MR) is 144 cm³/mol. The molecule has 0 spiro atoms. The van der Waals surface area contributed by atoms with E-state index in [1.807, 2.05) is 20.9 Å². The normalized spacial score (nSPS) is 23.5. The molecule has 2 saturated carbocycles. The third-order valence-corrected chi connectivity index (χ3v) is 6.79. The van der Waals surface area contributed by atoms with Crippen molar-refractivity contribution in [1.82, 2.24) is 10.6 Å². The van der Waals surface area contributed by atoms with E-state index in [9.17, 15) is 19.2 Å². The number of carboxylic acids is 2. The van der Waals surface area contributed by atoms with E-state index in [0.717, 1.165) is 68.3 Å². The van der Waals surface area contributed by atoms with E-state index in [1.54, 1.807) is 7.05 Å². The Balaban J connectivity index is 0.000000380. The molecule has 38 heavy (non-hydrogen) atoms. The molecule has 216 valence electrons. The van der Waals surface area contributed by atoms with Crippen LogP contribution in [0.1, 0.15) is 90.9 Å². The summed E-state index contributed by atoms with van der Waals surface area (Å²) in [6.07, 6.45) is 8.86. The van der Waals surface area contributed by atoms with Crippen LogP contribution in [0.5, 0.6) is 0 Å². The van der Waals surface area contributed by atoms with Crippen LogP contribution in [0.2, 0.25) is 0 Å². The predicted octanol–water partition coefficient (Wildman–Crippen LogP) is 3.75. The van der Waals surface area contributed by atoms with Gasteiger partial charge in [0.05, 0.1) is 6.10 Å². The lowest BCUT2D eigenvalue weighted by atomic mass is 9.90. The van der Waals surface area contributed by atoms with Crippen LogP contribution in [-0.4, -0.2) is 73.2 Å². The number of rotatable bonds is 10. The number of hydrogen-bond donors (Lipinski definition) is 4. The fourth-order valence-corrected chi connectivity index (χ4v) is 4.88. The third-order valence-electron chi connectivity index (χ3n) is 6.79. The van der Waals surface area contributed by atoms with Crippen molar-refractivity contribution in [1.29, 1.82) is 0 Å². The highest BCUT2D eigenvalue weighted by molar-refractivity contribution is 5.99. The first kappa shape index (κ1) is 33.3. The van der Waals surface area contributed by atoms with Crippen molar-refractivity contribution in [3.8, 4) is 0 Å². The van der Waals surface area contributed by atoms with E-state index in [-0.39, 0.29) is 18.2 Å². The number of aliphatic carboxylic acids is 2. The van der Waals surface area contributed by atoms with Gasteiger partial charge < -0.3 is 30.3 Å². The molecule has 2 atom stereocenters. The highest BCUT2D eigenvalue weighted by Gasteiger charge is 2.28. The minimum absolute atomic E-state index is 0.0489. The highest BCUT2D eigenvalue weighted by Crippen LogP contribution is 2.26. The van der Waals surface area contributed by atoms with Gasteiger partial charge in [0, 0.05) is 43.1 Å². The van der Waals surface area contributed by atoms with Crippen LogP contribution in [0.25, 0.3) is 0 Å². The fourth-order valence-electron chi connectivity index (χ4n) is 4.88. The first-order valence-electron chi connectivity index (χ1n) is 13.7. The van der Waals surface area contributed by atoms with Crippen molar-refractivity contribution in [2.75, 3.05) is 27.3 Å². The SMILES string of the molecule is CC/C(NC)=C1/C(=O)CCCCCC1OCC(=O)O.CC/C(NC)=C1\CCCCCC(OCC(=O)O)C1=O. The highest BCUT2D eigenvalue weighted by atomic mass is 16.5. The number of nitrogens with one attached hydrogen (secondary N) is 2. The second-order valence-electron chi connectivity index (χ2n) is 9.43. The molecular weight excluding hydrogens is 492 g/mol. The molecule has 10 nitrogen and oxygen atoms in total. The van der Waals surface area contributed by atoms with Gasteiger partial charge in [0.2, 0.25) is 0 Å². The first-order chi connectivity index (χ1) is 18.2. The minimum atomic E-state index is -1.04. The van der Waals surface area contributed by atoms with Gasteiger partial charge in [0.15, 0.2) is 11.6 Å². The van der Waals surface area contributed by atoms with Crippen LogP contribution in [0, 0.1) is 0 Å². The molecule has 2 rings (SSSR count). The van der Waals surface area contributed by atoms with Crippen molar-refractivity contribution >= 4 is 23.5 Å². The average Bonchev–Trinajstić information content (AvgIpc) is 2.87. The van der Waals surface area contributed by atoms with Gasteiger partial charge in [0.1, 0.15) is 19.3 Å². The third kappa shape index (κ3) is 11.3. The van der Waals surface area contributed by atoms with Gasteiger partial charge in [0.25, 0.3) is 0 Å². The zero-order valence-corrected chi connectivity index (χ0v) is 23.4. The summed E-state index contributed by atoms with van der Waals surface area (Å²) in [6, 6.07) is 0. The van der Waals surface area contributed by atoms with Gasteiger partial charge in [-0.1, -0.05) is 39.5 Å². The van der Waals surface area contributed by atoms with Crippen LogP contribution in [0.3, 0.4) is 0 Å². The van der Waals surface area contributed by atoms with Crippen LogP contribution in [0.4, 0.5) is 0 Å². The second-order valence-corrected chi connectivity index (χ2v) is 9.43. The molecule has 4 N–H and O–H groups in total. The van der Waals surface area contributed by atoms with Crippen molar-refractivity contribution in [3.63, 3.8) is 0 Å². The lowest BCUT2D eigenvalue weighted by Crippen LogP contribution is -2.31. The van der Waals surface area contributed by atoms with Gasteiger partial charge in [-0.2, -0.15) is 0 Å². The standard InChI is InChI=1S/2C14H23NO4/c1-3-11(15-2)10-7-5-4-6-8-12(14(10)18)19-9-13(16)17;1-3-10(15-2)14-11(16)7-5-4-6-8-12(14)19-9-13(17)18/h12,15H,3-9H2,1-2H3,(H,16,17);12,15H,3-9H2,1-2H3,(H,17,18)/b11-10-;14-10+. The lowest BCUT2D eigenvalue weighted by Gasteiger charge is -2.24. The molecule has 2 aliphatic rings. The van der Waals surface area contributed by atoms with Gasteiger partial charge in [-0.15, -0.1) is 0 Å². The summed E-state index contributed by atoms with van der Waals surface area (Å²) in [4.78, 5) is 45.9. The number of carboxylic acid groups (broad SMARTS) is 2. The Morgan fingerprint density at radius 1 is 0.763 bits per heavy atom. The second kappa shape index (κ2) is 18.5. The maximum atomic E-state index is 12.5. The molecule has 0 aromatic heterocycles. The molecule has 2 aliphatic carbocycles. The van der Waals surface area contributed by atoms with E-state index in [4.69, 9.17) is 19.7 Å².